The summed E-state index contributed by atoms with van der Waals surface area (Å²) in [6.07, 6.45) is 2.88. The molecule has 0 aliphatic carbocycles. The van der Waals surface area contributed by atoms with E-state index >= 15 is 0 Å². The zero-order valence-electron chi connectivity index (χ0n) is 12.4. The van der Waals surface area contributed by atoms with Gasteiger partial charge in [-0.2, -0.15) is 0 Å². The lowest BCUT2D eigenvalue weighted by Gasteiger charge is -2.49. The summed E-state index contributed by atoms with van der Waals surface area (Å²) >= 11 is 0. The monoisotopic (exact) mass is 257 g/mol. The number of carbonyl (C=O) groups excluding carboxylic acids is 1. The van der Waals surface area contributed by atoms with Crippen LogP contribution in [0.15, 0.2) is 0 Å². The molecule has 0 saturated carbocycles. The first-order chi connectivity index (χ1) is 8.25. The van der Waals surface area contributed by atoms with Crippen molar-refractivity contribution in [2.75, 3.05) is 7.05 Å². The Morgan fingerprint density at radius 2 is 2.00 bits per heavy atom. The lowest BCUT2D eigenvalue weighted by molar-refractivity contribution is -0.196. The molecule has 0 amide bonds. The van der Waals surface area contributed by atoms with Crippen LogP contribution in [0.5, 0.6) is 0 Å². The fourth-order valence-corrected chi connectivity index (χ4v) is 2.23. The number of carbonyl (C=O) groups is 1. The zero-order chi connectivity index (χ0) is 14.0. The van der Waals surface area contributed by atoms with E-state index in [0.29, 0.717) is 0 Å². The summed E-state index contributed by atoms with van der Waals surface area (Å²) in [6, 6.07) is 0. The van der Waals surface area contributed by atoms with Crippen molar-refractivity contribution in [2.24, 2.45) is 0 Å². The van der Waals surface area contributed by atoms with Gasteiger partial charge in [-0.1, -0.05) is 13.3 Å². The van der Waals surface area contributed by atoms with Crippen molar-refractivity contribution in [1.29, 1.82) is 0 Å². The fourth-order valence-electron chi connectivity index (χ4n) is 2.23. The van der Waals surface area contributed by atoms with Gasteiger partial charge in [0.25, 0.3) is 0 Å². The molecule has 1 aliphatic heterocycles. The van der Waals surface area contributed by atoms with Crippen molar-refractivity contribution in [3.8, 4) is 0 Å². The van der Waals surface area contributed by atoms with Gasteiger partial charge < -0.3 is 9.53 Å². The van der Waals surface area contributed by atoms with Gasteiger partial charge in [-0.15, -0.1) is 0 Å². The minimum absolute atomic E-state index is 0.0347. The van der Waals surface area contributed by atoms with Gasteiger partial charge in [0.2, 0.25) is 0 Å². The molecule has 3 atom stereocenters. The van der Waals surface area contributed by atoms with Crippen LogP contribution in [0.1, 0.15) is 47.5 Å². The molecule has 5 heteroatoms. The molecular formula is C13H27N3O2. The smallest absolute Gasteiger partial charge is 0.141 e. The molecule has 2 N–H and O–H groups in total. The molecule has 5 nitrogen and oxygen atoms in total. The Morgan fingerprint density at radius 1 is 1.44 bits per heavy atom. The van der Waals surface area contributed by atoms with Crippen molar-refractivity contribution in [1.82, 2.24) is 15.8 Å². The maximum absolute atomic E-state index is 11.3. The third-order valence-electron chi connectivity index (χ3n) is 3.61. The third kappa shape index (κ3) is 3.29. The number of hydrogen-bond donors (Lipinski definition) is 2. The normalized spacial score (nSPS) is 27.7. The number of rotatable bonds is 7. The van der Waals surface area contributed by atoms with E-state index in [9.17, 15) is 4.79 Å². The second-order valence-corrected chi connectivity index (χ2v) is 5.94. The molecule has 18 heavy (non-hydrogen) atoms. The minimum atomic E-state index is -0.485. The van der Waals surface area contributed by atoms with Gasteiger partial charge in [-0.25, -0.2) is 10.4 Å². The summed E-state index contributed by atoms with van der Waals surface area (Å²) in [7, 11) is 1.91. The SMILES string of the molecule is CCCC(C)(C=O)N(C)NC(C)(C)C1NC(C)O1. The molecule has 0 bridgehead atoms. The maximum Gasteiger partial charge on any atom is 0.141 e. The van der Waals surface area contributed by atoms with Crippen LogP contribution in [0.4, 0.5) is 0 Å². The molecule has 106 valence electrons. The first-order valence-electron chi connectivity index (χ1n) is 6.64. The molecule has 1 saturated heterocycles. The third-order valence-corrected chi connectivity index (χ3v) is 3.61. The van der Waals surface area contributed by atoms with E-state index in [1.54, 1.807) is 0 Å². The van der Waals surface area contributed by atoms with Crippen LogP contribution in [0.2, 0.25) is 0 Å². The number of aldehydes is 1. The predicted octanol–water partition coefficient (Wildman–Crippen LogP) is 1.25. The Balaban J connectivity index is 2.61. The lowest BCUT2D eigenvalue weighted by atomic mass is 9.96. The molecule has 0 aromatic rings. The first-order valence-corrected chi connectivity index (χ1v) is 6.64. The average molecular weight is 257 g/mol. The summed E-state index contributed by atoms with van der Waals surface area (Å²) in [5.74, 6) is 0. The van der Waals surface area contributed by atoms with Crippen LogP contribution in [0.3, 0.4) is 0 Å². The van der Waals surface area contributed by atoms with Crippen LogP contribution in [-0.2, 0) is 9.53 Å². The molecule has 1 fully saturated rings. The summed E-state index contributed by atoms with van der Waals surface area (Å²) in [5, 5.41) is 5.19. The van der Waals surface area contributed by atoms with E-state index in [2.05, 4.69) is 31.5 Å². The molecule has 1 aliphatic rings. The van der Waals surface area contributed by atoms with Gasteiger partial charge in [-0.3, -0.25) is 5.32 Å². The van der Waals surface area contributed by atoms with E-state index in [1.165, 1.54) is 0 Å². The molecular weight excluding hydrogens is 230 g/mol. The summed E-state index contributed by atoms with van der Waals surface area (Å²) in [5.41, 5.74) is 2.62. The van der Waals surface area contributed by atoms with Crippen LogP contribution in [0.25, 0.3) is 0 Å². The van der Waals surface area contributed by atoms with Gasteiger partial charge in [0.15, 0.2) is 0 Å². The summed E-state index contributed by atoms with van der Waals surface area (Å²) in [4.78, 5) is 11.3. The van der Waals surface area contributed by atoms with E-state index in [0.717, 1.165) is 19.1 Å². The number of nitrogens with one attached hydrogen (secondary N) is 2. The molecule has 0 radical (unpaired) electrons. The molecule has 0 spiro atoms. The van der Waals surface area contributed by atoms with Gasteiger partial charge in [0, 0.05) is 7.05 Å². The number of likely N-dealkylation sites (N-methyl/N-ethyl adjacent to an activating group) is 1. The van der Waals surface area contributed by atoms with Gasteiger partial charge in [-0.05, 0) is 34.1 Å². The number of hydrogen-bond acceptors (Lipinski definition) is 5. The highest BCUT2D eigenvalue weighted by atomic mass is 16.6. The second-order valence-electron chi connectivity index (χ2n) is 5.94. The average Bonchev–Trinajstić information content (AvgIpc) is 2.24. The highest BCUT2D eigenvalue weighted by Gasteiger charge is 2.41. The highest BCUT2D eigenvalue weighted by molar-refractivity contribution is 5.63. The van der Waals surface area contributed by atoms with Crippen molar-refractivity contribution in [3.05, 3.63) is 0 Å². The standard InChI is InChI=1S/C13H27N3O2/c1-7-8-13(5,9-17)16(6)15-12(3,4)11-14-10(2)18-11/h9-11,14-15H,7-8H2,1-6H3. The molecule has 1 rings (SSSR count). The van der Waals surface area contributed by atoms with Crippen LogP contribution < -0.4 is 10.7 Å². The van der Waals surface area contributed by atoms with Gasteiger partial charge >= 0.3 is 0 Å². The Labute approximate surface area is 110 Å². The van der Waals surface area contributed by atoms with E-state index in [1.807, 2.05) is 25.9 Å². The van der Waals surface area contributed by atoms with Gasteiger partial charge in [0.1, 0.15) is 18.7 Å². The predicted molar refractivity (Wildman–Crippen MR) is 71.8 cm³/mol. The minimum Gasteiger partial charge on any atom is -0.343 e. The molecule has 0 aromatic carbocycles. The van der Waals surface area contributed by atoms with Crippen molar-refractivity contribution >= 4 is 6.29 Å². The topological polar surface area (TPSA) is 53.6 Å². The Bertz CT molecular complexity index is 290. The fraction of sp³-hybridized carbons (Fsp3) is 0.923. The maximum atomic E-state index is 11.3. The van der Waals surface area contributed by atoms with Crippen LogP contribution in [-0.4, -0.2) is 41.9 Å². The Kier molecular flexibility index (Phi) is 4.89. The number of nitrogens with zero attached hydrogens (tertiary/aromatic N) is 1. The van der Waals surface area contributed by atoms with E-state index in [-0.39, 0.29) is 18.0 Å². The molecule has 1 heterocycles. The lowest BCUT2D eigenvalue weighted by Crippen LogP contribution is -2.71. The Hall–Kier alpha value is -0.490. The largest absolute Gasteiger partial charge is 0.343 e. The van der Waals surface area contributed by atoms with E-state index in [4.69, 9.17) is 4.74 Å². The Morgan fingerprint density at radius 3 is 2.39 bits per heavy atom. The summed E-state index contributed by atoms with van der Waals surface area (Å²) in [6.45, 7) is 10.1. The first kappa shape index (κ1) is 15.6. The van der Waals surface area contributed by atoms with Crippen molar-refractivity contribution in [3.63, 3.8) is 0 Å². The van der Waals surface area contributed by atoms with Crippen molar-refractivity contribution < 1.29 is 9.53 Å². The van der Waals surface area contributed by atoms with Gasteiger partial charge in [0.05, 0.1) is 11.1 Å². The summed E-state index contributed by atoms with van der Waals surface area (Å²) < 4.78 is 5.62. The highest BCUT2D eigenvalue weighted by Crippen LogP contribution is 2.23. The number of hydrazine groups is 1. The van der Waals surface area contributed by atoms with Crippen LogP contribution in [0, 0.1) is 0 Å². The zero-order valence-corrected chi connectivity index (χ0v) is 12.4. The van der Waals surface area contributed by atoms with Crippen molar-refractivity contribution in [2.45, 2.75) is 71.0 Å². The van der Waals surface area contributed by atoms with Crippen LogP contribution >= 0.6 is 0 Å². The molecule has 3 unspecified atom stereocenters. The second kappa shape index (κ2) is 5.65. The quantitative estimate of drug-likeness (QED) is 0.531. The molecule has 0 aromatic heterocycles. The van der Waals surface area contributed by atoms with E-state index < -0.39 is 5.54 Å². The number of ether oxygens (including phenoxy) is 1.